The first-order valence-corrected chi connectivity index (χ1v) is 9.16. The van der Waals surface area contributed by atoms with Crippen molar-refractivity contribution < 1.29 is 24.2 Å². The Balaban J connectivity index is 1.97. The minimum atomic E-state index is -1.06. The first-order valence-electron chi connectivity index (χ1n) is 9.16. The second-order valence-electron chi connectivity index (χ2n) is 6.88. The monoisotopic (exact) mass is 404 g/mol. The molecule has 1 unspecified atom stereocenters. The van der Waals surface area contributed by atoms with Gasteiger partial charge in [-0.2, -0.15) is 0 Å². The molecule has 0 aliphatic carbocycles. The van der Waals surface area contributed by atoms with Crippen molar-refractivity contribution in [3.63, 3.8) is 0 Å². The Kier molecular flexibility index (Phi) is 4.79. The second-order valence-corrected chi connectivity index (χ2v) is 6.88. The quantitative estimate of drug-likeness (QED) is 0.393. The minimum Gasteiger partial charge on any atom is -0.507 e. The Hall–Kier alpha value is -4.00. The molecular formula is C23H17FN2O4. The summed E-state index contributed by atoms with van der Waals surface area (Å²) in [6.45, 7) is 1.53. The molecule has 1 saturated heterocycles. The lowest BCUT2D eigenvalue weighted by molar-refractivity contribution is -0.132. The number of aromatic nitrogens is 1. The molecule has 30 heavy (non-hydrogen) atoms. The summed E-state index contributed by atoms with van der Waals surface area (Å²) in [5.74, 6) is -2.92. The summed E-state index contributed by atoms with van der Waals surface area (Å²) in [6.07, 6.45) is 1.50. The Morgan fingerprint density at radius 3 is 2.47 bits per heavy atom. The molecule has 1 amide bonds. The third-order valence-electron chi connectivity index (χ3n) is 4.98. The van der Waals surface area contributed by atoms with Gasteiger partial charge in [0.05, 0.1) is 17.0 Å². The zero-order valence-corrected chi connectivity index (χ0v) is 15.9. The van der Waals surface area contributed by atoms with Gasteiger partial charge in [-0.3, -0.25) is 19.5 Å². The van der Waals surface area contributed by atoms with Gasteiger partial charge in [0, 0.05) is 11.8 Å². The molecule has 0 saturated carbocycles. The highest BCUT2D eigenvalue weighted by Crippen LogP contribution is 2.44. The number of carbonyl (C=O) groups is 2. The molecule has 6 nitrogen and oxygen atoms in total. The molecule has 0 bridgehead atoms. The van der Waals surface area contributed by atoms with Crippen molar-refractivity contribution in [2.45, 2.75) is 13.0 Å². The van der Waals surface area contributed by atoms with Gasteiger partial charge in [0.2, 0.25) is 0 Å². The number of aryl methyl sites for hydroxylation is 1. The average Bonchev–Trinajstić information content (AvgIpc) is 3.01. The molecule has 4 rings (SSSR count). The van der Waals surface area contributed by atoms with E-state index < -0.39 is 29.3 Å². The number of aromatic hydroxyl groups is 1. The van der Waals surface area contributed by atoms with E-state index in [1.54, 1.807) is 30.3 Å². The fraction of sp³-hybridized carbons (Fsp3) is 0.0870. The number of ketones is 1. The van der Waals surface area contributed by atoms with Crippen molar-refractivity contribution in [2.24, 2.45) is 0 Å². The highest BCUT2D eigenvalue weighted by molar-refractivity contribution is 6.51. The summed E-state index contributed by atoms with van der Waals surface area (Å²) >= 11 is 0. The third kappa shape index (κ3) is 3.10. The van der Waals surface area contributed by atoms with Gasteiger partial charge in [0.25, 0.3) is 11.7 Å². The number of phenolic OH excluding ortho intramolecular Hbond substituents is 1. The molecule has 2 heterocycles. The second kappa shape index (κ2) is 7.44. The highest BCUT2D eigenvalue weighted by atomic mass is 19.1. The van der Waals surface area contributed by atoms with Crippen LogP contribution in [0.25, 0.3) is 5.76 Å². The summed E-state index contributed by atoms with van der Waals surface area (Å²) in [6, 6.07) is 13.9. The number of aliphatic hydroxyl groups excluding tert-OH is 1. The number of hydrogen-bond acceptors (Lipinski definition) is 5. The number of hydrogen-bond donors (Lipinski definition) is 2. The average molecular weight is 404 g/mol. The summed E-state index contributed by atoms with van der Waals surface area (Å²) in [4.78, 5) is 31.3. The number of benzene rings is 2. The van der Waals surface area contributed by atoms with E-state index in [0.717, 1.165) is 4.90 Å². The van der Waals surface area contributed by atoms with Crippen molar-refractivity contribution in [3.8, 4) is 5.75 Å². The number of halogens is 1. The molecule has 3 aromatic rings. The molecular weight excluding hydrogens is 387 g/mol. The van der Waals surface area contributed by atoms with Crippen molar-refractivity contribution >= 4 is 23.1 Å². The molecule has 2 N–H and O–H groups in total. The number of carbonyl (C=O) groups excluding carboxylic acids is 2. The van der Waals surface area contributed by atoms with E-state index in [4.69, 9.17) is 0 Å². The first kappa shape index (κ1) is 19.3. The number of rotatable bonds is 3. The van der Waals surface area contributed by atoms with E-state index in [-0.39, 0.29) is 28.1 Å². The summed E-state index contributed by atoms with van der Waals surface area (Å²) < 4.78 is 13.7. The van der Waals surface area contributed by atoms with E-state index in [1.165, 1.54) is 43.5 Å². The van der Waals surface area contributed by atoms with Crippen LogP contribution in [-0.4, -0.2) is 26.9 Å². The number of aliphatic hydroxyl groups is 1. The smallest absolute Gasteiger partial charge is 0.300 e. The predicted molar refractivity (Wildman–Crippen MR) is 108 cm³/mol. The van der Waals surface area contributed by atoms with Crippen molar-refractivity contribution in [3.05, 3.63) is 95.1 Å². The minimum absolute atomic E-state index is 0.115. The van der Waals surface area contributed by atoms with Crippen LogP contribution in [0.1, 0.15) is 22.9 Å². The van der Waals surface area contributed by atoms with Crippen LogP contribution in [0.15, 0.2) is 72.4 Å². The molecule has 1 fully saturated rings. The molecule has 1 aromatic heterocycles. The zero-order chi connectivity index (χ0) is 21.4. The van der Waals surface area contributed by atoms with Crippen LogP contribution in [0.5, 0.6) is 5.75 Å². The third-order valence-corrected chi connectivity index (χ3v) is 4.98. The van der Waals surface area contributed by atoms with Gasteiger partial charge in [0.15, 0.2) is 0 Å². The largest absolute Gasteiger partial charge is 0.507 e. The maximum atomic E-state index is 13.7. The van der Waals surface area contributed by atoms with Gasteiger partial charge in [-0.05, 0) is 55.0 Å². The Bertz CT molecular complexity index is 1190. The number of nitrogens with zero attached hydrogens (tertiary/aromatic N) is 2. The molecule has 1 aliphatic rings. The van der Waals surface area contributed by atoms with Crippen LogP contribution in [0.3, 0.4) is 0 Å². The lowest BCUT2D eigenvalue weighted by Gasteiger charge is -2.25. The number of phenols is 1. The van der Waals surface area contributed by atoms with Crippen LogP contribution in [0, 0.1) is 12.7 Å². The van der Waals surface area contributed by atoms with Gasteiger partial charge in [-0.1, -0.05) is 18.2 Å². The van der Waals surface area contributed by atoms with Crippen LogP contribution < -0.4 is 4.90 Å². The fourth-order valence-corrected chi connectivity index (χ4v) is 3.51. The predicted octanol–water partition coefficient (Wildman–Crippen LogP) is 3.86. The molecule has 0 radical (unpaired) electrons. The van der Waals surface area contributed by atoms with E-state index in [2.05, 4.69) is 4.98 Å². The molecule has 7 heteroatoms. The van der Waals surface area contributed by atoms with Gasteiger partial charge < -0.3 is 10.2 Å². The Morgan fingerprint density at radius 2 is 1.80 bits per heavy atom. The Labute approximate surface area is 171 Å². The summed E-state index contributed by atoms with van der Waals surface area (Å²) in [7, 11) is 0. The summed E-state index contributed by atoms with van der Waals surface area (Å²) in [5.41, 5.74) is 0.742. The fourth-order valence-electron chi connectivity index (χ4n) is 3.51. The van der Waals surface area contributed by atoms with Crippen molar-refractivity contribution in [2.75, 3.05) is 4.90 Å². The number of pyridine rings is 1. The van der Waals surface area contributed by atoms with Crippen molar-refractivity contribution in [1.82, 2.24) is 4.98 Å². The van der Waals surface area contributed by atoms with Crippen molar-refractivity contribution in [1.29, 1.82) is 0 Å². The SMILES string of the molecule is Cc1cc(/C(O)=C2/C(=O)C(=O)N(c3ccccc3O)C2c2ccccn2)ccc1F. The zero-order valence-electron chi connectivity index (χ0n) is 15.9. The number of anilines is 1. The van der Waals surface area contributed by atoms with Crippen LogP contribution in [0.4, 0.5) is 10.1 Å². The van der Waals surface area contributed by atoms with E-state index >= 15 is 0 Å². The summed E-state index contributed by atoms with van der Waals surface area (Å²) in [5, 5.41) is 21.3. The number of Topliss-reactive ketones (excluding diaryl/α,β-unsaturated/α-hetero) is 1. The van der Waals surface area contributed by atoms with E-state index in [9.17, 15) is 24.2 Å². The van der Waals surface area contributed by atoms with E-state index in [0.29, 0.717) is 5.69 Å². The maximum Gasteiger partial charge on any atom is 0.300 e. The highest BCUT2D eigenvalue weighted by Gasteiger charge is 2.48. The normalized spacial score (nSPS) is 18.1. The maximum absolute atomic E-state index is 13.7. The van der Waals surface area contributed by atoms with Crippen LogP contribution in [-0.2, 0) is 9.59 Å². The lowest BCUT2D eigenvalue weighted by Crippen LogP contribution is -2.29. The van der Waals surface area contributed by atoms with Crippen LogP contribution in [0.2, 0.25) is 0 Å². The van der Waals surface area contributed by atoms with E-state index in [1.807, 2.05) is 0 Å². The van der Waals surface area contributed by atoms with Crippen LogP contribution >= 0.6 is 0 Å². The molecule has 2 aromatic carbocycles. The molecule has 1 aliphatic heterocycles. The number of para-hydroxylation sites is 2. The van der Waals surface area contributed by atoms with Gasteiger partial charge in [-0.25, -0.2) is 4.39 Å². The van der Waals surface area contributed by atoms with Gasteiger partial charge >= 0.3 is 0 Å². The van der Waals surface area contributed by atoms with Gasteiger partial charge in [0.1, 0.15) is 23.4 Å². The standard InChI is InChI=1S/C23H17FN2O4/c1-13-12-14(9-10-15(13)24)21(28)19-20(16-6-4-5-11-25-16)26(23(30)22(19)29)17-7-2-3-8-18(17)27/h2-12,20,27-28H,1H3/b21-19-. The molecule has 1 atom stereocenters. The molecule has 0 spiro atoms. The van der Waals surface area contributed by atoms with Gasteiger partial charge in [-0.15, -0.1) is 0 Å². The molecule has 150 valence electrons. The lowest BCUT2D eigenvalue weighted by atomic mass is 9.97. The first-order chi connectivity index (χ1) is 14.4. The topological polar surface area (TPSA) is 90.7 Å². The Morgan fingerprint density at radius 1 is 1.07 bits per heavy atom. The number of amides is 1.